The Hall–Kier alpha value is -0.380. The van der Waals surface area contributed by atoms with E-state index in [1.54, 1.807) is 0 Å². The average molecular weight is 264 g/mol. The number of hydrogen-bond acceptors (Lipinski definition) is 3. The molecule has 0 aromatic carbocycles. The lowest BCUT2D eigenvalue weighted by atomic mass is 9.83. The average Bonchev–Trinajstić information content (AvgIpc) is 2.94. The molecule has 3 atom stereocenters. The third-order valence-electron chi connectivity index (χ3n) is 4.93. The topological polar surface area (TPSA) is 15.3 Å². The molecule has 1 aromatic heterocycles. The van der Waals surface area contributed by atoms with E-state index in [1.165, 1.54) is 31.2 Å². The van der Waals surface area contributed by atoms with Crippen LogP contribution in [-0.4, -0.2) is 30.6 Å². The van der Waals surface area contributed by atoms with Gasteiger partial charge in [0.25, 0.3) is 0 Å². The molecule has 2 aliphatic rings. The van der Waals surface area contributed by atoms with Crippen LogP contribution in [0.3, 0.4) is 0 Å². The Morgan fingerprint density at radius 2 is 2.11 bits per heavy atom. The van der Waals surface area contributed by atoms with Gasteiger partial charge >= 0.3 is 0 Å². The van der Waals surface area contributed by atoms with Crippen LogP contribution in [0.5, 0.6) is 0 Å². The third kappa shape index (κ3) is 2.24. The van der Waals surface area contributed by atoms with Crippen molar-refractivity contribution < 1.29 is 0 Å². The van der Waals surface area contributed by atoms with Crippen molar-refractivity contribution in [1.29, 1.82) is 0 Å². The van der Waals surface area contributed by atoms with E-state index in [4.69, 9.17) is 0 Å². The van der Waals surface area contributed by atoms with Crippen LogP contribution in [-0.2, 0) is 0 Å². The first-order valence-corrected chi connectivity index (χ1v) is 8.21. The highest BCUT2D eigenvalue weighted by atomic mass is 32.1. The summed E-state index contributed by atoms with van der Waals surface area (Å²) in [4.78, 5) is 2.63. The van der Waals surface area contributed by atoms with Crippen molar-refractivity contribution in [3.8, 4) is 0 Å². The third-order valence-corrected chi connectivity index (χ3v) is 5.63. The number of piperidine rings is 1. The van der Waals surface area contributed by atoms with E-state index in [0.29, 0.717) is 6.04 Å². The fourth-order valence-electron chi connectivity index (χ4n) is 3.95. The van der Waals surface area contributed by atoms with Gasteiger partial charge in [-0.3, -0.25) is 0 Å². The van der Waals surface area contributed by atoms with Gasteiger partial charge in [0.05, 0.1) is 0 Å². The van der Waals surface area contributed by atoms with Gasteiger partial charge in [-0.15, -0.1) is 0 Å². The van der Waals surface area contributed by atoms with Gasteiger partial charge in [-0.1, -0.05) is 6.92 Å². The predicted octanol–water partition coefficient (Wildman–Crippen LogP) is 3.27. The van der Waals surface area contributed by atoms with E-state index in [1.807, 2.05) is 11.3 Å². The fourth-order valence-corrected chi connectivity index (χ4v) is 4.65. The molecule has 3 heteroatoms. The normalized spacial score (nSPS) is 33.8. The van der Waals surface area contributed by atoms with Gasteiger partial charge in [-0.2, -0.15) is 11.3 Å². The van der Waals surface area contributed by atoms with Gasteiger partial charge in [0.15, 0.2) is 0 Å². The SMILES string of the molecule is CCNC(c1ccsc1)C1CC2CCC(C1)N2C. The lowest BCUT2D eigenvalue weighted by molar-refractivity contribution is 0.113. The van der Waals surface area contributed by atoms with E-state index >= 15 is 0 Å². The molecule has 18 heavy (non-hydrogen) atoms. The Bertz CT molecular complexity index is 362. The Morgan fingerprint density at radius 1 is 1.39 bits per heavy atom. The molecule has 0 amide bonds. The summed E-state index contributed by atoms with van der Waals surface area (Å²) in [5.41, 5.74) is 1.51. The van der Waals surface area contributed by atoms with Crippen LogP contribution in [0, 0.1) is 5.92 Å². The molecule has 1 N–H and O–H groups in total. The molecule has 0 aliphatic carbocycles. The largest absolute Gasteiger partial charge is 0.310 e. The molecule has 2 nitrogen and oxygen atoms in total. The lowest BCUT2D eigenvalue weighted by Gasteiger charge is -2.40. The van der Waals surface area contributed by atoms with Crippen molar-refractivity contribution >= 4 is 11.3 Å². The van der Waals surface area contributed by atoms with Crippen molar-refractivity contribution in [2.45, 2.75) is 50.7 Å². The second kappa shape index (κ2) is 5.32. The summed E-state index contributed by atoms with van der Waals surface area (Å²) in [6, 6.07) is 4.57. The minimum atomic E-state index is 0.582. The monoisotopic (exact) mass is 264 g/mol. The van der Waals surface area contributed by atoms with Crippen LogP contribution in [0.2, 0.25) is 0 Å². The standard InChI is InChI=1S/C15H24N2S/c1-3-16-15(11-6-7-18-10-11)12-8-13-4-5-14(9-12)17(13)2/h6-7,10,12-16H,3-5,8-9H2,1-2H3. The summed E-state index contributed by atoms with van der Waals surface area (Å²) >= 11 is 1.83. The summed E-state index contributed by atoms with van der Waals surface area (Å²) < 4.78 is 0. The maximum Gasteiger partial charge on any atom is 0.0357 e. The highest BCUT2D eigenvalue weighted by molar-refractivity contribution is 7.07. The van der Waals surface area contributed by atoms with E-state index in [0.717, 1.165) is 24.5 Å². The molecular formula is C15H24N2S. The van der Waals surface area contributed by atoms with Gasteiger partial charge in [-0.05, 0) is 67.6 Å². The number of nitrogens with one attached hydrogen (secondary N) is 1. The molecule has 2 aliphatic heterocycles. The van der Waals surface area contributed by atoms with E-state index < -0.39 is 0 Å². The maximum absolute atomic E-state index is 3.73. The van der Waals surface area contributed by atoms with Gasteiger partial charge < -0.3 is 10.2 Å². The zero-order valence-corrected chi connectivity index (χ0v) is 12.2. The summed E-state index contributed by atoms with van der Waals surface area (Å²) in [6.07, 6.45) is 5.58. The first kappa shape index (κ1) is 12.6. The van der Waals surface area contributed by atoms with Gasteiger partial charge in [0.1, 0.15) is 0 Å². The lowest BCUT2D eigenvalue weighted by Crippen LogP contribution is -2.43. The molecule has 1 aromatic rings. The molecule has 0 saturated carbocycles. The predicted molar refractivity (Wildman–Crippen MR) is 78.0 cm³/mol. The Balaban J connectivity index is 1.76. The zero-order valence-electron chi connectivity index (χ0n) is 11.4. The first-order valence-electron chi connectivity index (χ1n) is 7.27. The van der Waals surface area contributed by atoms with Crippen LogP contribution < -0.4 is 5.32 Å². The van der Waals surface area contributed by atoms with Crippen molar-refractivity contribution in [1.82, 2.24) is 10.2 Å². The van der Waals surface area contributed by atoms with Crippen molar-refractivity contribution in [3.63, 3.8) is 0 Å². The molecule has 100 valence electrons. The van der Waals surface area contributed by atoms with Crippen molar-refractivity contribution in [3.05, 3.63) is 22.4 Å². The summed E-state index contributed by atoms with van der Waals surface area (Å²) in [7, 11) is 2.32. The van der Waals surface area contributed by atoms with Crippen molar-refractivity contribution in [2.75, 3.05) is 13.6 Å². The Labute approximate surface area is 114 Å². The quantitative estimate of drug-likeness (QED) is 0.898. The van der Waals surface area contributed by atoms with Crippen LogP contribution in [0.25, 0.3) is 0 Å². The van der Waals surface area contributed by atoms with Gasteiger partial charge in [0.2, 0.25) is 0 Å². The number of thiophene rings is 1. The molecule has 2 saturated heterocycles. The number of nitrogens with zero attached hydrogens (tertiary/aromatic N) is 1. The summed E-state index contributed by atoms with van der Waals surface area (Å²) in [5.74, 6) is 0.827. The molecular weight excluding hydrogens is 240 g/mol. The molecule has 3 rings (SSSR count). The number of fused-ring (bicyclic) bond motifs is 2. The van der Waals surface area contributed by atoms with Crippen LogP contribution in [0.1, 0.15) is 44.2 Å². The van der Waals surface area contributed by atoms with E-state index in [-0.39, 0.29) is 0 Å². The highest BCUT2D eigenvalue weighted by Crippen LogP contribution is 2.42. The fraction of sp³-hybridized carbons (Fsp3) is 0.733. The molecule has 2 fully saturated rings. The highest BCUT2D eigenvalue weighted by Gasteiger charge is 2.41. The van der Waals surface area contributed by atoms with Crippen LogP contribution in [0.4, 0.5) is 0 Å². The Morgan fingerprint density at radius 3 is 2.67 bits per heavy atom. The summed E-state index contributed by atoms with van der Waals surface area (Å²) in [6.45, 7) is 3.30. The van der Waals surface area contributed by atoms with Crippen molar-refractivity contribution in [2.24, 2.45) is 5.92 Å². The molecule has 3 unspecified atom stereocenters. The summed E-state index contributed by atoms with van der Waals surface area (Å²) in [5, 5.41) is 8.27. The minimum absolute atomic E-state index is 0.582. The maximum atomic E-state index is 3.73. The second-order valence-electron chi connectivity index (χ2n) is 5.87. The minimum Gasteiger partial charge on any atom is -0.310 e. The Kier molecular flexibility index (Phi) is 3.73. The first-order chi connectivity index (χ1) is 8.79. The van der Waals surface area contributed by atoms with E-state index in [2.05, 4.69) is 41.0 Å². The smallest absolute Gasteiger partial charge is 0.0357 e. The van der Waals surface area contributed by atoms with Gasteiger partial charge in [0, 0.05) is 18.1 Å². The number of rotatable bonds is 4. The number of hydrogen-bond donors (Lipinski definition) is 1. The molecule has 0 radical (unpaired) electrons. The van der Waals surface area contributed by atoms with Crippen LogP contribution >= 0.6 is 11.3 Å². The molecule has 2 bridgehead atoms. The van der Waals surface area contributed by atoms with Gasteiger partial charge in [-0.25, -0.2) is 0 Å². The zero-order chi connectivity index (χ0) is 12.5. The second-order valence-corrected chi connectivity index (χ2v) is 6.65. The molecule has 3 heterocycles. The van der Waals surface area contributed by atoms with E-state index in [9.17, 15) is 0 Å². The molecule has 0 spiro atoms. The van der Waals surface area contributed by atoms with Crippen LogP contribution in [0.15, 0.2) is 16.8 Å².